The van der Waals surface area contributed by atoms with Gasteiger partial charge in [-0.15, -0.1) is 11.3 Å². The smallest absolute Gasteiger partial charge is 0.331 e. The molecule has 0 fully saturated rings. The zero-order valence-electron chi connectivity index (χ0n) is 16.5. The highest BCUT2D eigenvalue weighted by molar-refractivity contribution is 7.17. The molecule has 0 unspecified atom stereocenters. The lowest BCUT2D eigenvalue weighted by Crippen LogP contribution is -2.45. The van der Waals surface area contributed by atoms with E-state index in [-0.39, 0.29) is 12.2 Å². The Hall–Kier alpha value is -2.47. The Kier molecular flexibility index (Phi) is 4.95. The van der Waals surface area contributed by atoms with Gasteiger partial charge in [0.2, 0.25) is 0 Å². The van der Waals surface area contributed by atoms with Crippen LogP contribution in [0.2, 0.25) is 0 Å². The molecule has 0 spiro atoms. The minimum absolute atomic E-state index is 0.216. The number of ether oxygens (including phenoxy) is 1. The number of carbonyl (C=O) groups excluding carboxylic acids is 1. The molecule has 3 rings (SSSR count). The first-order chi connectivity index (χ1) is 12.7. The van der Waals surface area contributed by atoms with Crippen LogP contribution in [0.25, 0.3) is 21.3 Å². The summed E-state index contributed by atoms with van der Waals surface area (Å²) in [6, 6.07) is 6.17. The average Bonchev–Trinajstić information content (AvgIpc) is 2.98. The fraction of sp³-hybridized carbons (Fsp3) is 0.381. The van der Waals surface area contributed by atoms with Gasteiger partial charge in [0.05, 0.1) is 12.0 Å². The Morgan fingerprint density at radius 3 is 2.56 bits per heavy atom. The van der Waals surface area contributed by atoms with Crippen LogP contribution in [0.3, 0.4) is 0 Å². The van der Waals surface area contributed by atoms with Crippen molar-refractivity contribution < 1.29 is 9.53 Å². The molecule has 27 heavy (non-hydrogen) atoms. The van der Waals surface area contributed by atoms with E-state index in [2.05, 4.69) is 11.1 Å². The molecular formula is C21H24N2O3S. The molecule has 0 radical (unpaired) electrons. The highest BCUT2D eigenvalue weighted by Crippen LogP contribution is 2.34. The molecule has 0 amide bonds. The Bertz CT molecular complexity index is 1090. The molecule has 0 saturated heterocycles. The summed E-state index contributed by atoms with van der Waals surface area (Å²) in [6.07, 6.45) is 0. The van der Waals surface area contributed by atoms with Crippen LogP contribution in [0.1, 0.15) is 37.7 Å². The van der Waals surface area contributed by atoms with Crippen LogP contribution < -0.4 is 5.56 Å². The lowest BCUT2D eigenvalue weighted by molar-refractivity contribution is -0.152. The van der Waals surface area contributed by atoms with Crippen molar-refractivity contribution in [1.29, 1.82) is 0 Å². The summed E-state index contributed by atoms with van der Waals surface area (Å²) in [5.74, 6) is 0.0548. The third kappa shape index (κ3) is 3.18. The maximum Gasteiger partial charge on any atom is 0.331 e. The van der Waals surface area contributed by atoms with Crippen molar-refractivity contribution >= 4 is 27.5 Å². The molecule has 0 aliphatic carbocycles. The van der Waals surface area contributed by atoms with Crippen LogP contribution >= 0.6 is 11.3 Å². The number of hydrogen-bond acceptors (Lipinski definition) is 5. The first kappa shape index (κ1) is 19.3. The predicted octanol–water partition coefficient (Wildman–Crippen LogP) is 4.35. The molecule has 3 aromatic rings. The van der Waals surface area contributed by atoms with Gasteiger partial charge in [-0.3, -0.25) is 9.36 Å². The fourth-order valence-electron chi connectivity index (χ4n) is 3.46. The van der Waals surface area contributed by atoms with Gasteiger partial charge in [0.15, 0.2) is 0 Å². The third-order valence-corrected chi connectivity index (χ3v) is 5.65. The third-order valence-electron chi connectivity index (χ3n) is 4.78. The van der Waals surface area contributed by atoms with E-state index in [1.807, 2.05) is 31.4 Å². The van der Waals surface area contributed by atoms with E-state index in [1.54, 1.807) is 27.7 Å². The lowest BCUT2D eigenvalue weighted by atomic mass is 9.99. The number of benzene rings is 1. The van der Waals surface area contributed by atoms with E-state index in [4.69, 9.17) is 4.74 Å². The number of thiophene rings is 1. The van der Waals surface area contributed by atoms with Gasteiger partial charge in [-0.05, 0) is 52.7 Å². The molecule has 0 bridgehead atoms. The first-order valence-electron chi connectivity index (χ1n) is 8.94. The fourth-order valence-corrected chi connectivity index (χ4v) is 4.44. The van der Waals surface area contributed by atoms with Gasteiger partial charge in [0.25, 0.3) is 5.56 Å². The second-order valence-corrected chi connectivity index (χ2v) is 8.09. The van der Waals surface area contributed by atoms with E-state index in [1.165, 1.54) is 21.5 Å². The standard InChI is InChI=1S/C21H24N2O3S/c1-7-26-20(25)21(5,6)23-14(4)22-18-17(19(23)24)16(11-27-18)15-9-8-12(2)10-13(15)3/h8-11H,7H2,1-6H3. The molecule has 0 N–H and O–H groups in total. The van der Waals surface area contributed by atoms with Gasteiger partial charge >= 0.3 is 5.97 Å². The number of rotatable bonds is 4. The number of esters is 1. The maximum absolute atomic E-state index is 13.5. The van der Waals surface area contributed by atoms with Gasteiger partial charge in [0, 0.05) is 10.9 Å². The first-order valence-corrected chi connectivity index (χ1v) is 9.82. The molecule has 2 heterocycles. The second kappa shape index (κ2) is 6.93. The highest BCUT2D eigenvalue weighted by Gasteiger charge is 2.35. The normalized spacial score (nSPS) is 11.8. The monoisotopic (exact) mass is 384 g/mol. The second-order valence-electron chi connectivity index (χ2n) is 7.23. The van der Waals surface area contributed by atoms with Crippen molar-refractivity contribution in [3.63, 3.8) is 0 Å². The summed E-state index contributed by atoms with van der Waals surface area (Å²) in [5, 5.41) is 2.52. The van der Waals surface area contributed by atoms with E-state index in [0.717, 1.165) is 16.7 Å². The van der Waals surface area contributed by atoms with Crippen LogP contribution in [0, 0.1) is 20.8 Å². The van der Waals surface area contributed by atoms with Crippen LogP contribution in [0.4, 0.5) is 0 Å². The van der Waals surface area contributed by atoms with Crippen molar-refractivity contribution in [2.75, 3.05) is 6.61 Å². The van der Waals surface area contributed by atoms with E-state index >= 15 is 0 Å². The average molecular weight is 385 g/mol. The summed E-state index contributed by atoms with van der Waals surface area (Å²) in [4.78, 5) is 31.2. The number of aryl methyl sites for hydroxylation is 3. The van der Waals surface area contributed by atoms with Crippen LogP contribution in [-0.2, 0) is 15.1 Å². The van der Waals surface area contributed by atoms with E-state index in [0.29, 0.717) is 16.0 Å². The summed E-state index contributed by atoms with van der Waals surface area (Å²) in [7, 11) is 0. The minimum atomic E-state index is -1.14. The lowest BCUT2D eigenvalue weighted by Gasteiger charge is -2.26. The van der Waals surface area contributed by atoms with Crippen molar-refractivity contribution in [3.8, 4) is 11.1 Å². The number of fused-ring (bicyclic) bond motifs is 1. The molecule has 6 heteroatoms. The van der Waals surface area contributed by atoms with E-state index in [9.17, 15) is 9.59 Å². The van der Waals surface area contributed by atoms with Crippen LogP contribution in [-0.4, -0.2) is 22.1 Å². The van der Waals surface area contributed by atoms with Crippen molar-refractivity contribution in [2.45, 2.75) is 47.1 Å². The molecule has 0 aliphatic heterocycles. The Labute approximate surface area is 162 Å². The van der Waals surface area contributed by atoms with Gasteiger partial charge < -0.3 is 4.74 Å². The predicted molar refractivity (Wildman–Crippen MR) is 109 cm³/mol. The SMILES string of the molecule is CCOC(=O)C(C)(C)n1c(C)nc2scc(-c3ccc(C)cc3C)c2c1=O. The number of hydrogen-bond donors (Lipinski definition) is 0. The Morgan fingerprint density at radius 1 is 1.22 bits per heavy atom. The summed E-state index contributed by atoms with van der Waals surface area (Å²) >= 11 is 1.45. The summed E-state index contributed by atoms with van der Waals surface area (Å²) in [6.45, 7) is 11.2. The van der Waals surface area contributed by atoms with Gasteiger partial charge in [-0.2, -0.15) is 0 Å². The summed E-state index contributed by atoms with van der Waals surface area (Å²) < 4.78 is 6.64. The van der Waals surface area contributed by atoms with Crippen molar-refractivity contribution in [3.05, 3.63) is 50.9 Å². The van der Waals surface area contributed by atoms with Crippen LogP contribution in [0.5, 0.6) is 0 Å². The number of carbonyl (C=O) groups is 1. The maximum atomic E-state index is 13.5. The van der Waals surface area contributed by atoms with Crippen molar-refractivity contribution in [1.82, 2.24) is 9.55 Å². The molecule has 0 aliphatic rings. The Morgan fingerprint density at radius 2 is 1.93 bits per heavy atom. The zero-order chi connectivity index (χ0) is 19.9. The molecular weight excluding hydrogens is 360 g/mol. The van der Waals surface area contributed by atoms with Crippen LogP contribution in [0.15, 0.2) is 28.4 Å². The summed E-state index contributed by atoms with van der Waals surface area (Å²) in [5.41, 5.74) is 2.79. The van der Waals surface area contributed by atoms with Gasteiger partial charge in [0.1, 0.15) is 16.2 Å². The minimum Gasteiger partial charge on any atom is -0.464 e. The van der Waals surface area contributed by atoms with Gasteiger partial charge in [-0.1, -0.05) is 23.8 Å². The topological polar surface area (TPSA) is 61.2 Å². The molecule has 142 valence electrons. The highest BCUT2D eigenvalue weighted by atomic mass is 32.1. The largest absolute Gasteiger partial charge is 0.464 e. The molecule has 5 nitrogen and oxygen atoms in total. The number of aromatic nitrogens is 2. The quantitative estimate of drug-likeness (QED) is 0.628. The van der Waals surface area contributed by atoms with Crippen molar-refractivity contribution in [2.24, 2.45) is 0 Å². The molecule has 0 atom stereocenters. The molecule has 1 aromatic carbocycles. The Balaban J connectivity index is 2.31. The molecule has 0 saturated carbocycles. The molecule has 2 aromatic heterocycles. The van der Waals surface area contributed by atoms with Gasteiger partial charge in [-0.25, -0.2) is 9.78 Å². The zero-order valence-corrected chi connectivity index (χ0v) is 17.4. The van der Waals surface area contributed by atoms with E-state index < -0.39 is 11.5 Å². The number of nitrogens with zero attached hydrogens (tertiary/aromatic N) is 2.